The van der Waals surface area contributed by atoms with E-state index in [4.69, 9.17) is 11.6 Å². The van der Waals surface area contributed by atoms with Crippen LogP contribution in [0.25, 0.3) is 10.9 Å². The number of hydrogen-bond donors (Lipinski definition) is 2. The smallest absolute Gasteiger partial charge is 0.261 e. The van der Waals surface area contributed by atoms with Gasteiger partial charge in [-0.15, -0.1) is 0 Å². The third-order valence-corrected chi connectivity index (χ3v) is 4.48. The van der Waals surface area contributed by atoms with E-state index in [1.807, 2.05) is 6.92 Å². The Hall–Kier alpha value is -2.66. The summed E-state index contributed by atoms with van der Waals surface area (Å²) in [7, 11) is 0. The topological polar surface area (TPSA) is 62.0 Å². The molecule has 2 N–H and O–H groups in total. The largest absolute Gasteiger partial charge is 0.383 e. The van der Waals surface area contributed by atoms with Gasteiger partial charge in [-0.2, -0.15) is 0 Å². The molecular formula is C20H18ClFN2O2. The van der Waals surface area contributed by atoms with Crippen molar-refractivity contribution in [1.82, 2.24) is 4.98 Å². The molecule has 0 atom stereocenters. The molecule has 4 nitrogen and oxygen atoms in total. The number of hydrogen-bond acceptors (Lipinski definition) is 3. The van der Waals surface area contributed by atoms with Gasteiger partial charge in [0.2, 0.25) is 0 Å². The van der Waals surface area contributed by atoms with E-state index in [0.29, 0.717) is 34.6 Å². The number of ketones is 1. The molecule has 134 valence electrons. The van der Waals surface area contributed by atoms with Crippen LogP contribution in [-0.4, -0.2) is 17.3 Å². The maximum absolute atomic E-state index is 13.0. The Morgan fingerprint density at radius 2 is 1.92 bits per heavy atom. The van der Waals surface area contributed by atoms with E-state index in [9.17, 15) is 14.0 Å². The molecule has 0 saturated carbocycles. The van der Waals surface area contributed by atoms with E-state index in [0.717, 1.165) is 11.1 Å². The van der Waals surface area contributed by atoms with Crippen molar-refractivity contribution in [2.75, 3.05) is 11.9 Å². The Balaban J connectivity index is 2.01. The lowest BCUT2D eigenvalue weighted by molar-refractivity contribution is 0.101. The van der Waals surface area contributed by atoms with Gasteiger partial charge in [0.25, 0.3) is 5.56 Å². The highest BCUT2D eigenvalue weighted by atomic mass is 35.5. The molecule has 0 aliphatic heterocycles. The van der Waals surface area contributed by atoms with E-state index >= 15 is 0 Å². The number of Topliss-reactive ketones (excluding diaryl/α,β-unsaturated/α-hetero) is 1. The first-order valence-electron chi connectivity index (χ1n) is 8.22. The summed E-state index contributed by atoms with van der Waals surface area (Å²) >= 11 is 6.17. The maximum Gasteiger partial charge on any atom is 0.261 e. The summed E-state index contributed by atoms with van der Waals surface area (Å²) in [4.78, 5) is 27.2. The molecule has 2 aromatic carbocycles. The van der Waals surface area contributed by atoms with Crippen LogP contribution in [0.1, 0.15) is 28.4 Å². The molecule has 0 aliphatic rings. The second kappa shape index (κ2) is 7.30. The van der Waals surface area contributed by atoms with Crippen LogP contribution in [0.2, 0.25) is 5.02 Å². The Kier molecular flexibility index (Phi) is 5.09. The quantitative estimate of drug-likeness (QED) is 0.649. The number of fused-ring (bicyclic) bond motifs is 1. The molecule has 0 unspecified atom stereocenters. The van der Waals surface area contributed by atoms with E-state index in [-0.39, 0.29) is 17.2 Å². The number of pyridine rings is 1. The van der Waals surface area contributed by atoms with Crippen molar-refractivity contribution in [2.45, 2.75) is 20.3 Å². The summed E-state index contributed by atoms with van der Waals surface area (Å²) in [6.07, 6.45) is 0.617. The van der Waals surface area contributed by atoms with Crippen molar-refractivity contribution >= 4 is 34.0 Å². The number of H-pyrrole nitrogens is 1. The summed E-state index contributed by atoms with van der Waals surface area (Å²) in [6.45, 7) is 3.69. The number of carbonyl (C=O) groups excluding carboxylic acids is 1. The van der Waals surface area contributed by atoms with Gasteiger partial charge in [-0.3, -0.25) is 9.59 Å². The highest BCUT2D eigenvalue weighted by Gasteiger charge is 2.17. The number of aryl methyl sites for hydroxylation is 1. The number of aromatic nitrogens is 1. The maximum atomic E-state index is 13.0. The second-order valence-corrected chi connectivity index (χ2v) is 6.65. The Labute approximate surface area is 155 Å². The minimum atomic E-state index is -0.431. The Morgan fingerprint density at radius 1 is 1.23 bits per heavy atom. The number of carbonyl (C=O) groups is 1. The average Bonchev–Trinajstić information content (AvgIpc) is 2.57. The molecule has 6 heteroatoms. The lowest BCUT2D eigenvalue weighted by Gasteiger charge is -2.15. The number of nitrogens with one attached hydrogen (secondary N) is 2. The zero-order valence-electron chi connectivity index (χ0n) is 14.5. The van der Waals surface area contributed by atoms with Gasteiger partial charge in [-0.05, 0) is 55.7 Å². The average molecular weight is 373 g/mol. The molecular weight excluding hydrogens is 355 g/mol. The Morgan fingerprint density at radius 3 is 2.58 bits per heavy atom. The minimum absolute atomic E-state index is 0.0817. The summed E-state index contributed by atoms with van der Waals surface area (Å²) in [5.41, 5.74) is 2.54. The molecule has 1 aromatic heterocycles. The number of halogens is 2. The van der Waals surface area contributed by atoms with E-state index in [2.05, 4.69) is 10.3 Å². The fourth-order valence-electron chi connectivity index (χ4n) is 3.03. The highest BCUT2D eigenvalue weighted by Crippen LogP contribution is 2.29. The highest BCUT2D eigenvalue weighted by molar-refractivity contribution is 6.31. The fraction of sp³-hybridized carbons (Fsp3) is 0.200. The van der Waals surface area contributed by atoms with Crippen LogP contribution in [0.15, 0.2) is 41.2 Å². The lowest BCUT2D eigenvalue weighted by atomic mass is 10.0. The van der Waals surface area contributed by atoms with Crippen LogP contribution in [0.4, 0.5) is 10.1 Å². The fourth-order valence-corrected chi connectivity index (χ4v) is 3.31. The molecule has 1 heterocycles. The molecule has 3 aromatic rings. The minimum Gasteiger partial charge on any atom is -0.383 e. The van der Waals surface area contributed by atoms with Gasteiger partial charge >= 0.3 is 0 Å². The van der Waals surface area contributed by atoms with Gasteiger partial charge < -0.3 is 10.3 Å². The normalized spacial score (nSPS) is 10.9. The summed E-state index contributed by atoms with van der Waals surface area (Å²) in [5, 5.41) is 4.42. The third kappa shape index (κ3) is 3.63. The summed E-state index contributed by atoms with van der Waals surface area (Å²) in [5.74, 6) is -0.610. The van der Waals surface area contributed by atoms with Crippen molar-refractivity contribution in [3.63, 3.8) is 0 Å². The molecule has 3 rings (SSSR count). The van der Waals surface area contributed by atoms with Gasteiger partial charge in [0.05, 0.1) is 11.2 Å². The second-order valence-electron chi connectivity index (χ2n) is 6.21. The van der Waals surface area contributed by atoms with Crippen LogP contribution < -0.4 is 10.9 Å². The molecule has 26 heavy (non-hydrogen) atoms. The molecule has 0 radical (unpaired) electrons. The molecule has 0 spiro atoms. The van der Waals surface area contributed by atoms with Gasteiger partial charge in [-0.25, -0.2) is 4.39 Å². The van der Waals surface area contributed by atoms with Gasteiger partial charge in [0.15, 0.2) is 5.78 Å². The first-order chi connectivity index (χ1) is 12.4. The standard InChI is InChI=1S/C20H18ClFN2O2/c1-11-9-14(21)10-16-18(11)24-20(26)17(12(2)25)19(16)23-8-7-13-3-5-15(22)6-4-13/h3-6,9-10H,7-8H2,1-2H3,(H2,23,24,26). The summed E-state index contributed by atoms with van der Waals surface area (Å²) in [6, 6.07) is 9.71. The van der Waals surface area contributed by atoms with Crippen molar-refractivity contribution < 1.29 is 9.18 Å². The van der Waals surface area contributed by atoms with Crippen LogP contribution in [0.5, 0.6) is 0 Å². The molecule has 0 aliphatic carbocycles. The van der Waals surface area contributed by atoms with Crippen molar-refractivity contribution in [3.05, 3.63) is 74.3 Å². The van der Waals surface area contributed by atoms with Gasteiger partial charge in [0.1, 0.15) is 11.4 Å². The van der Waals surface area contributed by atoms with Crippen LogP contribution in [-0.2, 0) is 6.42 Å². The zero-order chi connectivity index (χ0) is 18.8. The predicted octanol–water partition coefficient (Wildman–Crippen LogP) is 4.49. The van der Waals surface area contributed by atoms with E-state index in [1.54, 1.807) is 24.3 Å². The number of aromatic amines is 1. The first kappa shape index (κ1) is 18.1. The number of benzene rings is 2. The monoisotopic (exact) mass is 372 g/mol. The van der Waals surface area contributed by atoms with Crippen molar-refractivity contribution in [3.8, 4) is 0 Å². The molecule has 0 saturated heterocycles. The number of rotatable bonds is 5. The van der Waals surface area contributed by atoms with Gasteiger partial charge in [0, 0.05) is 17.0 Å². The van der Waals surface area contributed by atoms with Gasteiger partial charge in [-0.1, -0.05) is 23.7 Å². The molecule has 0 bridgehead atoms. The number of anilines is 1. The van der Waals surface area contributed by atoms with E-state index in [1.165, 1.54) is 19.1 Å². The van der Waals surface area contributed by atoms with Crippen LogP contribution >= 0.6 is 11.6 Å². The van der Waals surface area contributed by atoms with E-state index < -0.39 is 5.56 Å². The van der Waals surface area contributed by atoms with Crippen LogP contribution in [0.3, 0.4) is 0 Å². The lowest BCUT2D eigenvalue weighted by Crippen LogP contribution is -2.21. The first-order valence-corrected chi connectivity index (χ1v) is 8.60. The zero-order valence-corrected chi connectivity index (χ0v) is 15.2. The SMILES string of the molecule is CC(=O)c1c(NCCc2ccc(F)cc2)c2cc(Cl)cc(C)c2[nH]c1=O. The molecule has 0 amide bonds. The Bertz CT molecular complexity index is 1040. The molecule has 0 fully saturated rings. The van der Waals surface area contributed by atoms with Crippen molar-refractivity contribution in [2.24, 2.45) is 0 Å². The third-order valence-electron chi connectivity index (χ3n) is 4.27. The van der Waals surface area contributed by atoms with Crippen LogP contribution in [0, 0.1) is 12.7 Å². The van der Waals surface area contributed by atoms with Crippen molar-refractivity contribution in [1.29, 1.82) is 0 Å². The summed E-state index contributed by atoms with van der Waals surface area (Å²) < 4.78 is 13.0. The predicted molar refractivity (Wildman–Crippen MR) is 103 cm³/mol.